The molecule has 1 aromatic heterocycles. The molecule has 0 saturated heterocycles. The number of hydrogen-bond donors (Lipinski definition) is 1. The fraction of sp³-hybridized carbons (Fsp3) is 0.636. The van der Waals surface area contributed by atoms with E-state index < -0.39 is 0 Å². The van der Waals surface area contributed by atoms with E-state index in [-0.39, 0.29) is 6.61 Å². The number of nitrogens with zero attached hydrogens (tertiary/aromatic N) is 3. The lowest BCUT2D eigenvalue weighted by Crippen LogP contribution is -2.28. The quantitative estimate of drug-likeness (QED) is 0.730. The van der Waals surface area contributed by atoms with Crippen LogP contribution in [0.2, 0.25) is 0 Å². The SMILES string of the molecule is CCCCN(CCO)Cc1cnccn1. The summed E-state index contributed by atoms with van der Waals surface area (Å²) in [6.45, 7) is 4.85. The molecule has 0 amide bonds. The molecule has 0 aliphatic carbocycles. The molecule has 0 spiro atoms. The zero-order valence-corrected chi connectivity index (χ0v) is 9.26. The summed E-state index contributed by atoms with van der Waals surface area (Å²) < 4.78 is 0. The van der Waals surface area contributed by atoms with Crippen molar-refractivity contribution in [3.05, 3.63) is 24.3 Å². The lowest BCUT2D eigenvalue weighted by Gasteiger charge is -2.20. The van der Waals surface area contributed by atoms with E-state index in [0.717, 1.165) is 25.2 Å². The fourth-order valence-corrected chi connectivity index (χ4v) is 1.43. The van der Waals surface area contributed by atoms with Gasteiger partial charge in [-0.2, -0.15) is 0 Å². The Kier molecular flexibility index (Phi) is 5.88. The molecule has 4 nitrogen and oxygen atoms in total. The largest absolute Gasteiger partial charge is 0.395 e. The second-order valence-corrected chi connectivity index (χ2v) is 3.55. The minimum Gasteiger partial charge on any atom is -0.395 e. The van der Waals surface area contributed by atoms with Crippen LogP contribution in [0.5, 0.6) is 0 Å². The zero-order chi connectivity index (χ0) is 10.9. The number of unbranched alkanes of at least 4 members (excludes halogenated alkanes) is 1. The molecule has 0 atom stereocenters. The summed E-state index contributed by atoms with van der Waals surface area (Å²) in [6.07, 6.45) is 7.47. The maximum absolute atomic E-state index is 8.94. The van der Waals surface area contributed by atoms with Gasteiger partial charge in [0.25, 0.3) is 0 Å². The minimum absolute atomic E-state index is 0.198. The maximum atomic E-state index is 8.94. The molecule has 0 aliphatic rings. The van der Waals surface area contributed by atoms with Crippen LogP contribution in [0.4, 0.5) is 0 Å². The summed E-state index contributed by atoms with van der Waals surface area (Å²) in [7, 11) is 0. The van der Waals surface area contributed by atoms with Gasteiger partial charge in [-0.05, 0) is 13.0 Å². The Balaban J connectivity index is 2.43. The van der Waals surface area contributed by atoms with E-state index in [2.05, 4.69) is 21.8 Å². The van der Waals surface area contributed by atoms with Crippen LogP contribution in [0.1, 0.15) is 25.5 Å². The normalized spacial score (nSPS) is 10.9. The van der Waals surface area contributed by atoms with Gasteiger partial charge in [0.15, 0.2) is 0 Å². The number of hydrogen-bond acceptors (Lipinski definition) is 4. The summed E-state index contributed by atoms with van der Waals surface area (Å²) in [5, 5.41) is 8.94. The summed E-state index contributed by atoms with van der Waals surface area (Å²) >= 11 is 0. The van der Waals surface area contributed by atoms with Crippen LogP contribution >= 0.6 is 0 Å². The van der Waals surface area contributed by atoms with Gasteiger partial charge >= 0.3 is 0 Å². The van der Waals surface area contributed by atoms with E-state index in [4.69, 9.17) is 5.11 Å². The summed E-state index contributed by atoms with van der Waals surface area (Å²) in [5.41, 5.74) is 0.960. The van der Waals surface area contributed by atoms with Crippen LogP contribution in [0, 0.1) is 0 Å². The minimum atomic E-state index is 0.198. The van der Waals surface area contributed by atoms with Gasteiger partial charge < -0.3 is 5.11 Å². The van der Waals surface area contributed by atoms with Crippen molar-refractivity contribution < 1.29 is 5.11 Å². The van der Waals surface area contributed by atoms with Crippen molar-refractivity contribution in [3.8, 4) is 0 Å². The molecule has 1 rings (SSSR count). The molecule has 4 heteroatoms. The smallest absolute Gasteiger partial charge is 0.0726 e. The topological polar surface area (TPSA) is 49.2 Å². The molecule has 84 valence electrons. The Bertz CT molecular complexity index is 253. The van der Waals surface area contributed by atoms with Gasteiger partial charge in [0.05, 0.1) is 12.3 Å². The van der Waals surface area contributed by atoms with Crippen molar-refractivity contribution in [2.45, 2.75) is 26.3 Å². The Hall–Kier alpha value is -1.00. The van der Waals surface area contributed by atoms with Gasteiger partial charge in [-0.25, -0.2) is 0 Å². The van der Waals surface area contributed by atoms with Gasteiger partial charge in [0, 0.05) is 31.7 Å². The number of aromatic nitrogens is 2. The van der Waals surface area contributed by atoms with Crippen LogP contribution < -0.4 is 0 Å². The molecular weight excluding hydrogens is 190 g/mol. The lowest BCUT2D eigenvalue weighted by atomic mass is 10.3. The van der Waals surface area contributed by atoms with Crippen LogP contribution in [0.25, 0.3) is 0 Å². The zero-order valence-electron chi connectivity index (χ0n) is 9.26. The molecule has 0 unspecified atom stereocenters. The second-order valence-electron chi connectivity index (χ2n) is 3.55. The van der Waals surface area contributed by atoms with Crippen molar-refractivity contribution in [1.82, 2.24) is 14.9 Å². The molecule has 1 N–H and O–H groups in total. The van der Waals surface area contributed by atoms with Crippen molar-refractivity contribution in [2.24, 2.45) is 0 Å². The summed E-state index contributed by atoms with van der Waals surface area (Å²) in [5.74, 6) is 0. The summed E-state index contributed by atoms with van der Waals surface area (Å²) in [4.78, 5) is 10.5. The summed E-state index contributed by atoms with van der Waals surface area (Å²) in [6, 6.07) is 0. The highest BCUT2D eigenvalue weighted by atomic mass is 16.3. The molecule has 0 saturated carbocycles. The van der Waals surface area contributed by atoms with Crippen molar-refractivity contribution in [3.63, 3.8) is 0 Å². The van der Waals surface area contributed by atoms with Crippen molar-refractivity contribution >= 4 is 0 Å². The van der Waals surface area contributed by atoms with Gasteiger partial charge in [-0.1, -0.05) is 13.3 Å². The second kappa shape index (κ2) is 7.31. The van der Waals surface area contributed by atoms with E-state index >= 15 is 0 Å². The van der Waals surface area contributed by atoms with Gasteiger partial charge in [-0.15, -0.1) is 0 Å². The standard InChI is InChI=1S/C11H19N3O/c1-2-3-6-14(7-8-15)10-11-9-12-4-5-13-11/h4-5,9,15H,2-3,6-8,10H2,1H3. The number of aliphatic hydroxyl groups is 1. The van der Waals surface area contributed by atoms with Crippen molar-refractivity contribution in [1.29, 1.82) is 0 Å². The first-order chi connectivity index (χ1) is 7.36. The van der Waals surface area contributed by atoms with Gasteiger partial charge in [-0.3, -0.25) is 14.9 Å². The lowest BCUT2D eigenvalue weighted by molar-refractivity contribution is 0.187. The number of aliphatic hydroxyl groups excluding tert-OH is 1. The van der Waals surface area contributed by atoms with Crippen LogP contribution in [-0.2, 0) is 6.54 Å². The first-order valence-electron chi connectivity index (χ1n) is 5.45. The molecule has 0 radical (unpaired) electrons. The molecule has 15 heavy (non-hydrogen) atoms. The highest BCUT2D eigenvalue weighted by Crippen LogP contribution is 2.01. The predicted molar refractivity (Wildman–Crippen MR) is 59.3 cm³/mol. The fourth-order valence-electron chi connectivity index (χ4n) is 1.43. The number of rotatable bonds is 7. The molecule has 0 aromatic carbocycles. The first-order valence-corrected chi connectivity index (χ1v) is 5.45. The average Bonchev–Trinajstić information content (AvgIpc) is 2.28. The van der Waals surface area contributed by atoms with E-state index in [1.54, 1.807) is 18.6 Å². The third-order valence-corrected chi connectivity index (χ3v) is 2.25. The van der Waals surface area contributed by atoms with Crippen LogP contribution in [0.15, 0.2) is 18.6 Å². The highest BCUT2D eigenvalue weighted by molar-refractivity contribution is 4.94. The Morgan fingerprint density at radius 1 is 1.33 bits per heavy atom. The van der Waals surface area contributed by atoms with Gasteiger partial charge in [0.2, 0.25) is 0 Å². The molecule has 0 bridgehead atoms. The molecule has 0 aliphatic heterocycles. The monoisotopic (exact) mass is 209 g/mol. The third-order valence-electron chi connectivity index (χ3n) is 2.25. The Labute approximate surface area is 91.0 Å². The first kappa shape index (κ1) is 12.1. The van der Waals surface area contributed by atoms with E-state index in [0.29, 0.717) is 6.54 Å². The molecular formula is C11H19N3O. The maximum Gasteiger partial charge on any atom is 0.0726 e. The molecule has 1 aromatic rings. The van der Waals surface area contributed by atoms with E-state index in [1.807, 2.05) is 0 Å². The molecule has 0 fully saturated rings. The van der Waals surface area contributed by atoms with Crippen LogP contribution in [-0.4, -0.2) is 39.7 Å². The van der Waals surface area contributed by atoms with Gasteiger partial charge in [0.1, 0.15) is 0 Å². The van der Waals surface area contributed by atoms with E-state index in [9.17, 15) is 0 Å². The molecule has 1 heterocycles. The third kappa shape index (κ3) is 4.85. The highest BCUT2D eigenvalue weighted by Gasteiger charge is 2.05. The predicted octanol–water partition coefficient (Wildman–Crippen LogP) is 1.07. The average molecular weight is 209 g/mol. The van der Waals surface area contributed by atoms with Crippen LogP contribution in [0.3, 0.4) is 0 Å². The Morgan fingerprint density at radius 3 is 2.80 bits per heavy atom. The van der Waals surface area contributed by atoms with E-state index in [1.165, 1.54) is 6.42 Å². The Morgan fingerprint density at radius 2 is 2.20 bits per heavy atom. The van der Waals surface area contributed by atoms with Crippen molar-refractivity contribution in [2.75, 3.05) is 19.7 Å².